The largest absolute Gasteiger partial charge is 0.477 e. The number of rotatable bonds is 5. The number of aliphatic hydroxyl groups is 1. The van der Waals surface area contributed by atoms with Crippen molar-refractivity contribution in [2.24, 2.45) is 5.92 Å². The molecule has 1 unspecified atom stereocenters. The van der Waals surface area contributed by atoms with E-state index in [0.717, 1.165) is 4.90 Å². The molecule has 1 fully saturated rings. The highest BCUT2D eigenvalue weighted by atomic mass is 32.2. The van der Waals surface area contributed by atoms with Crippen molar-refractivity contribution in [1.82, 2.24) is 9.88 Å². The van der Waals surface area contributed by atoms with E-state index >= 15 is 0 Å². The maximum Gasteiger partial charge on any atom is 0.353 e. The quantitative estimate of drug-likeness (QED) is 0.689. The molecule has 1 aromatic heterocycles. The lowest BCUT2D eigenvalue weighted by atomic mass is 9.83. The minimum atomic E-state index is -1.12. The molecule has 2 aliphatic rings. The van der Waals surface area contributed by atoms with Gasteiger partial charge in [-0.3, -0.25) is 9.78 Å². The molecule has 122 valence electrons. The Kier molecular flexibility index (Phi) is 4.03. The first-order valence-corrected chi connectivity index (χ1v) is 8.06. The van der Waals surface area contributed by atoms with Crippen LogP contribution < -0.4 is 5.73 Å². The molecule has 4 N–H and O–H groups in total. The van der Waals surface area contributed by atoms with Crippen molar-refractivity contribution in [3.05, 3.63) is 29.1 Å². The van der Waals surface area contributed by atoms with Crippen LogP contribution >= 0.6 is 11.8 Å². The smallest absolute Gasteiger partial charge is 0.353 e. The van der Waals surface area contributed by atoms with Crippen LogP contribution in [0.4, 0.5) is 5.69 Å². The number of carboxylic acid groups (broad SMARTS) is 1. The molecule has 0 saturated carbocycles. The molecule has 8 heteroatoms. The Bertz CT molecular complexity index is 704. The van der Waals surface area contributed by atoms with Crippen LogP contribution in [0.15, 0.2) is 34.0 Å². The van der Waals surface area contributed by atoms with Crippen molar-refractivity contribution < 1.29 is 19.8 Å². The van der Waals surface area contributed by atoms with Crippen molar-refractivity contribution in [1.29, 1.82) is 0 Å². The van der Waals surface area contributed by atoms with Crippen LogP contribution in [-0.2, 0) is 9.59 Å². The normalized spacial score (nSPS) is 24.4. The van der Waals surface area contributed by atoms with E-state index < -0.39 is 12.1 Å². The summed E-state index contributed by atoms with van der Waals surface area (Å²) in [4.78, 5) is 30.4. The molecule has 0 aliphatic carbocycles. The first kappa shape index (κ1) is 15.8. The molecule has 2 aliphatic heterocycles. The van der Waals surface area contributed by atoms with Crippen LogP contribution in [0.3, 0.4) is 0 Å². The van der Waals surface area contributed by atoms with Crippen molar-refractivity contribution in [3.8, 4) is 0 Å². The third-order valence-corrected chi connectivity index (χ3v) is 5.29. The Balaban J connectivity index is 1.87. The van der Waals surface area contributed by atoms with Crippen molar-refractivity contribution in [2.75, 3.05) is 5.73 Å². The summed E-state index contributed by atoms with van der Waals surface area (Å²) in [6.07, 6.45) is 3.32. The average molecular weight is 335 g/mol. The zero-order valence-corrected chi connectivity index (χ0v) is 13.3. The summed E-state index contributed by atoms with van der Waals surface area (Å²) in [5.41, 5.74) is 6.36. The Morgan fingerprint density at radius 3 is 2.96 bits per heavy atom. The molecular weight excluding hydrogens is 318 g/mol. The molecule has 1 saturated heterocycles. The lowest BCUT2D eigenvalue weighted by Crippen LogP contribution is -2.59. The summed E-state index contributed by atoms with van der Waals surface area (Å²) in [6, 6.07) is 1.53. The van der Waals surface area contributed by atoms with Gasteiger partial charge in [0.05, 0.1) is 29.9 Å². The zero-order chi connectivity index (χ0) is 16.7. The number of nitrogens with zero attached hydrogens (tertiary/aromatic N) is 2. The molecule has 0 radical (unpaired) electrons. The zero-order valence-electron chi connectivity index (χ0n) is 12.5. The molecule has 1 aromatic rings. The van der Waals surface area contributed by atoms with Gasteiger partial charge in [0.25, 0.3) is 0 Å². The van der Waals surface area contributed by atoms with Crippen LogP contribution in [0.25, 0.3) is 0 Å². The number of hydrogen-bond acceptors (Lipinski definition) is 6. The first-order valence-electron chi connectivity index (χ1n) is 7.25. The molecular formula is C15H17N3O4S. The highest BCUT2D eigenvalue weighted by Gasteiger charge is 2.55. The summed E-state index contributed by atoms with van der Waals surface area (Å²) < 4.78 is 0. The summed E-state index contributed by atoms with van der Waals surface area (Å²) in [5.74, 6) is -1.67. The number of hydrogen-bond donors (Lipinski definition) is 3. The average Bonchev–Trinajstić information content (AvgIpc) is 2.82. The number of carbonyl (C=O) groups is 2. The number of pyridine rings is 1. The van der Waals surface area contributed by atoms with E-state index in [0.29, 0.717) is 23.4 Å². The van der Waals surface area contributed by atoms with Gasteiger partial charge in [-0.05, 0) is 19.4 Å². The number of carboxylic acids is 1. The van der Waals surface area contributed by atoms with E-state index in [1.807, 2.05) is 0 Å². The monoisotopic (exact) mass is 335 g/mol. The van der Waals surface area contributed by atoms with Crippen LogP contribution in [0.5, 0.6) is 0 Å². The van der Waals surface area contributed by atoms with Crippen molar-refractivity contribution >= 4 is 29.3 Å². The Morgan fingerprint density at radius 2 is 2.35 bits per heavy atom. The number of carbonyl (C=O) groups excluding carboxylic acids is 1. The lowest BCUT2D eigenvalue weighted by molar-refractivity contribution is -0.156. The van der Waals surface area contributed by atoms with Crippen LogP contribution in [0, 0.1) is 5.92 Å². The molecule has 3 rings (SSSR count). The maximum atomic E-state index is 12.2. The number of β-lactam (4-membered cyclic amide) rings is 1. The van der Waals surface area contributed by atoms with Gasteiger partial charge in [-0.1, -0.05) is 11.8 Å². The van der Waals surface area contributed by atoms with Gasteiger partial charge in [0.2, 0.25) is 5.91 Å². The Labute approximate surface area is 137 Å². The fraction of sp³-hybridized carbons (Fsp3) is 0.400. The van der Waals surface area contributed by atoms with E-state index in [-0.39, 0.29) is 23.6 Å². The molecule has 3 heterocycles. The molecule has 0 spiro atoms. The molecule has 7 nitrogen and oxygen atoms in total. The van der Waals surface area contributed by atoms with Crippen molar-refractivity contribution in [3.63, 3.8) is 0 Å². The van der Waals surface area contributed by atoms with Crippen LogP contribution in [0.2, 0.25) is 0 Å². The van der Waals surface area contributed by atoms with Gasteiger partial charge < -0.3 is 20.8 Å². The second kappa shape index (κ2) is 5.86. The number of nitrogens with two attached hydrogens (primary N) is 1. The predicted molar refractivity (Wildman–Crippen MR) is 84.2 cm³/mol. The van der Waals surface area contributed by atoms with Gasteiger partial charge in [-0.15, -0.1) is 0 Å². The predicted octanol–water partition coefficient (Wildman–Crippen LogP) is 1.05. The van der Waals surface area contributed by atoms with Gasteiger partial charge in [0.15, 0.2) is 0 Å². The number of aromatic nitrogens is 1. The second-order valence-electron chi connectivity index (χ2n) is 5.76. The number of aliphatic carboxylic acids is 1. The van der Waals surface area contributed by atoms with E-state index in [2.05, 4.69) is 4.98 Å². The fourth-order valence-corrected chi connectivity index (χ4v) is 4.19. The third-order valence-electron chi connectivity index (χ3n) is 4.09. The van der Waals surface area contributed by atoms with Gasteiger partial charge in [-0.2, -0.15) is 0 Å². The number of thioether (sulfide) groups is 1. The highest BCUT2D eigenvalue weighted by molar-refractivity contribution is 8.03. The minimum Gasteiger partial charge on any atom is -0.477 e. The Morgan fingerprint density at radius 1 is 1.61 bits per heavy atom. The SMILES string of the molecule is CC(O)C[C@H]1C(=O)N2C(C(=O)O)=C(Sc3ccncc3N)C[C@H]12. The van der Waals surface area contributed by atoms with E-state index in [1.54, 1.807) is 19.2 Å². The number of anilines is 1. The van der Waals surface area contributed by atoms with Crippen LogP contribution in [-0.4, -0.2) is 44.1 Å². The van der Waals surface area contributed by atoms with E-state index in [9.17, 15) is 19.8 Å². The highest BCUT2D eigenvalue weighted by Crippen LogP contribution is 2.49. The minimum absolute atomic E-state index is 0.0306. The summed E-state index contributed by atoms with van der Waals surface area (Å²) in [7, 11) is 0. The fourth-order valence-electron chi connectivity index (χ4n) is 3.09. The number of nitrogen functional groups attached to an aromatic ring is 1. The number of amides is 1. The summed E-state index contributed by atoms with van der Waals surface area (Å²) >= 11 is 1.26. The molecule has 3 atom stereocenters. The van der Waals surface area contributed by atoms with Gasteiger partial charge >= 0.3 is 5.97 Å². The molecule has 0 bridgehead atoms. The van der Waals surface area contributed by atoms with E-state index in [1.165, 1.54) is 22.9 Å². The van der Waals surface area contributed by atoms with Crippen molar-refractivity contribution in [2.45, 2.75) is 36.8 Å². The first-order chi connectivity index (χ1) is 10.9. The van der Waals surface area contributed by atoms with Gasteiger partial charge in [0.1, 0.15) is 5.70 Å². The van der Waals surface area contributed by atoms with E-state index in [4.69, 9.17) is 5.73 Å². The lowest BCUT2D eigenvalue weighted by Gasteiger charge is -2.43. The topological polar surface area (TPSA) is 117 Å². The summed E-state index contributed by atoms with van der Waals surface area (Å²) in [6.45, 7) is 1.63. The molecule has 1 amide bonds. The van der Waals surface area contributed by atoms with Gasteiger partial charge in [-0.25, -0.2) is 4.79 Å². The standard InChI is InChI=1S/C15H17N3O4S/c1-7(19)4-8-10-5-12(13(15(21)22)18(10)14(8)20)23-11-2-3-17-6-9(11)16/h2-3,6-8,10,19H,4-5,16H2,1H3,(H,21,22)/t7?,8-,10-/m1/s1. The molecule has 23 heavy (non-hydrogen) atoms. The second-order valence-corrected chi connectivity index (χ2v) is 6.90. The molecule has 0 aromatic carbocycles. The summed E-state index contributed by atoms with van der Waals surface area (Å²) in [5, 5.41) is 19.0. The Hall–Kier alpha value is -2.06. The maximum absolute atomic E-state index is 12.2. The third kappa shape index (κ3) is 2.68. The van der Waals surface area contributed by atoms with Gasteiger partial charge in [0, 0.05) is 22.4 Å². The number of aliphatic hydroxyl groups excluding tert-OH is 1. The van der Waals surface area contributed by atoms with Crippen LogP contribution in [0.1, 0.15) is 19.8 Å². The number of fused-ring (bicyclic) bond motifs is 1.